The summed E-state index contributed by atoms with van der Waals surface area (Å²) >= 11 is 2.00. The summed E-state index contributed by atoms with van der Waals surface area (Å²) in [6.45, 7) is 1.11. The van der Waals surface area contributed by atoms with Crippen molar-refractivity contribution in [1.82, 2.24) is 5.32 Å². The smallest absolute Gasteiger partial charge is 0.121 e. The number of thioether (sulfide) groups is 1. The van der Waals surface area contributed by atoms with Crippen molar-refractivity contribution in [3.05, 3.63) is 24.2 Å². The maximum atomic E-state index is 5.35. The molecule has 2 nitrogen and oxygen atoms in total. The van der Waals surface area contributed by atoms with E-state index in [1.54, 1.807) is 6.26 Å². The molecule has 1 N–H and O–H groups in total. The van der Waals surface area contributed by atoms with E-state index < -0.39 is 0 Å². The molecule has 1 fully saturated rings. The molecule has 66 valence electrons. The van der Waals surface area contributed by atoms with Crippen LogP contribution in [0, 0.1) is 0 Å². The third kappa shape index (κ3) is 1.84. The molecule has 1 aliphatic heterocycles. The van der Waals surface area contributed by atoms with Gasteiger partial charge in [0.15, 0.2) is 0 Å². The van der Waals surface area contributed by atoms with Gasteiger partial charge in [0.1, 0.15) is 5.76 Å². The minimum atomic E-state index is 0.424. The molecular formula is C9H13NOS. The lowest BCUT2D eigenvalue weighted by Crippen LogP contribution is -2.21. The van der Waals surface area contributed by atoms with Crippen LogP contribution < -0.4 is 5.32 Å². The monoisotopic (exact) mass is 183 g/mol. The van der Waals surface area contributed by atoms with Crippen LogP contribution in [0.5, 0.6) is 0 Å². The van der Waals surface area contributed by atoms with E-state index in [1.807, 2.05) is 23.9 Å². The Morgan fingerprint density at radius 2 is 2.58 bits per heavy atom. The molecule has 12 heavy (non-hydrogen) atoms. The zero-order valence-electron chi connectivity index (χ0n) is 6.95. The molecule has 0 aromatic carbocycles. The van der Waals surface area contributed by atoms with Gasteiger partial charge in [0, 0.05) is 5.75 Å². The second-order valence-electron chi connectivity index (χ2n) is 2.95. The highest BCUT2D eigenvalue weighted by Crippen LogP contribution is 2.21. The van der Waals surface area contributed by atoms with Crippen LogP contribution in [0.25, 0.3) is 0 Å². The minimum Gasteiger partial charge on any atom is -0.468 e. The molecule has 3 heteroatoms. The van der Waals surface area contributed by atoms with E-state index in [9.17, 15) is 0 Å². The van der Waals surface area contributed by atoms with Gasteiger partial charge >= 0.3 is 0 Å². The van der Waals surface area contributed by atoms with E-state index >= 15 is 0 Å². The molecule has 1 saturated heterocycles. The Balaban J connectivity index is 2.02. The summed E-state index contributed by atoms with van der Waals surface area (Å²) in [5, 5.41) is 3.47. The first-order valence-electron chi connectivity index (χ1n) is 4.31. The van der Waals surface area contributed by atoms with Gasteiger partial charge in [0.2, 0.25) is 0 Å². The van der Waals surface area contributed by atoms with Gasteiger partial charge in [-0.15, -0.1) is 0 Å². The molecule has 0 bridgehead atoms. The van der Waals surface area contributed by atoms with Gasteiger partial charge in [0.05, 0.1) is 12.3 Å². The highest BCUT2D eigenvalue weighted by molar-refractivity contribution is 7.99. The molecule has 0 aliphatic carbocycles. The molecule has 0 saturated carbocycles. The van der Waals surface area contributed by atoms with Crippen molar-refractivity contribution >= 4 is 11.8 Å². The molecule has 1 unspecified atom stereocenters. The van der Waals surface area contributed by atoms with Crippen LogP contribution in [-0.4, -0.2) is 18.1 Å². The standard InChI is InChI=1S/C9H13NOS/c1-3-9(11-5-1)8-7-12-6-2-4-10-8/h1,3,5,8,10H,2,4,6-7H2. The van der Waals surface area contributed by atoms with Crippen molar-refractivity contribution < 1.29 is 4.42 Å². The molecule has 0 radical (unpaired) electrons. The van der Waals surface area contributed by atoms with Crippen LogP contribution in [0.1, 0.15) is 18.2 Å². The maximum Gasteiger partial charge on any atom is 0.121 e. The van der Waals surface area contributed by atoms with E-state index in [0.29, 0.717) is 6.04 Å². The van der Waals surface area contributed by atoms with Gasteiger partial charge in [-0.3, -0.25) is 0 Å². The molecule has 1 aromatic heterocycles. The average molecular weight is 183 g/mol. The van der Waals surface area contributed by atoms with E-state index in [4.69, 9.17) is 4.42 Å². The first-order chi connectivity index (χ1) is 5.97. The normalized spacial score (nSPS) is 25.2. The summed E-state index contributed by atoms with van der Waals surface area (Å²) in [5.41, 5.74) is 0. The second-order valence-corrected chi connectivity index (χ2v) is 4.10. The number of hydrogen-bond donors (Lipinski definition) is 1. The minimum absolute atomic E-state index is 0.424. The van der Waals surface area contributed by atoms with Gasteiger partial charge in [-0.1, -0.05) is 0 Å². The quantitative estimate of drug-likeness (QED) is 0.721. The highest BCUT2D eigenvalue weighted by Gasteiger charge is 2.15. The second kappa shape index (κ2) is 4.01. The van der Waals surface area contributed by atoms with Crippen LogP contribution >= 0.6 is 11.8 Å². The molecule has 1 aromatic rings. The topological polar surface area (TPSA) is 25.2 Å². The summed E-state index contributed by atoms with van der Waals surface area (Å²) in [7, 11) is 0. The van der Waals surface area contributed by atoms with E-state index in [2.05, 4.69) is 5.32 Å². The van der Waals surface area contributed by atoms with Crippen molar-refractivity contribution in [1.29, 1.82) is 0 Å². The fourth-order valence-electron chi connectivity index (χ4n) is 1.38. The Bertz CT molecular complexity index is 214. The summed E-state index contributed by atoms with van der Waals surface area (Å²) in [4.78, 5) is 0. The first-order valence-corrected chi connectivity index (χ1v) is 5.47. The molecule has 1 aliphatic rings. The van der Waals surface area contributed by atoms with Gasteiger partial charge in [-0.25, -0.2) is 0 Å². The van der Waals surface area contributed by atoms with Crippen molar-refractivity contribution in [2.24, 2.45) is 0 Å². The SMILES string of the molecule is c1coc(C2CSCCCN2)c1. The molecule has 1 atom stereocenters. The van der Waals surface area contributed by atoms with Crippen LogP contribution in [0.4, 0.5) is 0 Å². The Kier molecular flexibility index (Phi) is 2.74. The van der Waals surface area contributed by atoms with Crippen molar-refractivity contribution in [2.45, 2.75) is 12.5 Å². The van der Waals surface area contributed by atoms with Gasteiger partial charge in [-0.2, -0.15) is 11.8 Å². The van der Waals surface area contributed by atoms with Crippen LogP contribution in [0.2, 0.25) is 0 Å². The van der Waals surface area contributed by atoms with Crippen LogP contribution in [0.3, 0.4) is 0 Å². The Hall–Kier alpha value is -0.410. The van der Waals surface area contributed by atoms with E-state index in [0.717, 1.165) is 18.1 Å². The number of nitrogens with one attached hydrogen (secondary N) is 1. The highest BCUT2D eigenvalue weighted by atomic mass is 32.2. The predicted octanol–water partition coefficient (Wildman–Crippen LogP) is 2.05. The number of furan rings is 1. The van der Waals surface area contributed by atoms with Crippen LogP contribution in [0.15, 0.2) is 22.8 Å². The van der Waals surface area contributed by atoms with Gasteiger partial charge < -0.3 is 9.73 Å². The molecule has 0 amide bonds. The summed E-state index contributed by atoms with van der Waals surface area (Å²) < 4.78 is 5.35. The lowest BCUT2D eigenvalue weighted by Gasteiger charge is -2.11. The summed E-state index contributed by atoms with van der Waals surface area (Å²) in [5.74, 6) is 3.47. The summed E-state index contributed by atoms with van der Waals surface area (Å²) in [6, 6.07) is 4.42. The molecule has 0 spiro atoms. The van der Waals surface area contributed by atoms with Crippen LogP contribution in [-0.2, 0) is 0 Å². The number of hydrogen-bond acceptors (Lipinski definition) is 3. The predicted molar refractivity (Wildman–Crippen MR) is 51.4 cm³/mol. The zero-order valence-corrected chi connectivity index (χ0v) is 7.77. The lowest BCUT2D eigenvalue weighted by molar-refractivity contribution is 0.438. The third-order valence-corrected chi connectivity index (χ3v) is 3.17. The average Bonchev–Trinajstić information content (AvgIpc) is 2.48. The number of rotatable bonds is 1. The fourth-order valence-corrected chi connectivity index (χ4v) is 2.42. The Labute approximate surface area is 76.7 Å². The third-order valence-electron chi connectivity index (χ3n) is 2.03. The fraction of sp³-hybridized carbons (Fsp3) is 0.556. The van der Waals surface area contributed by atoms with E-state index in [-0.39, 0.29) is 0 Å². The van der Waals surface area contributed by atoms with Gasteiger partial charge in [0.25, 0.3) is 0 Å². The lowest BCUT2D eigenvalue weighted by atomic mass is 10.2. The Morgan fingerprint density at radius 1 is 1.58 bits per heavy atom. The summed E-state index contributed by atoms with van der Waals surface area (Å²) in [6.07, 6.45) is 3.01. The molecular weight excluding hydrogens is 170 g/mol. The van der Waals surface area contributed by atoms with Crippen molar-refractivity contribution in [3.8, 4) is 0 Å². The largest absolute Gasteiger partial charge is 0.468 e. The van der Waals surface area contributed by atoms with E-state index in [1.165, 1.54) is 12.2 Å². The van der Waals surface area contributed by atoms with Crippen molar-refractivity contribution in [2.75, 3.05) is 18.1 Å². The zero-order chi connectivity index (χ0) is 8.23. The van der Waals surface area contributed by atoms with Gasteiger partial charge in [-0.05, 0) is 30.9 Å². The molecule has 2 heterocycles. The maximum absolute atomic E-state index is 5.35. The Morgan fingerprint density at radius 3 is 3.42 bits per heavy atom. The van der Waals surface area contributed by atoms with Crippen molar-refractivity contribution in [3.63, 3.8) is 0 Å². The first kappa shape index (κ1) is 8.20. The molecule has 2 rings (SSSR count).